The van der Waals surface area contributed by atoms with Crippen LogP contribution in [0.15, 0.2) is 42.0 Å². The minimum Gasteiger partial charge on any atom is -0.368 e. The van der Waals surface area contributed by atoms with Gasteiger partial charge in [0.25, 0.3) is 0 Å². The van der Waals surface area contributed by atoms with E-state index in [-0.39, 0.29) is 5.95 Å². The number of benzene rings is 1. The van der Waals surface area contributed by atoms with Gasteiger partial charge in [-0.05, 0) is 0 Å². The molecule has 0 saturated carbocycles. The highest BCUT2D eigenvalue weighted by atomic mass is 32.1. The second-order valence-electron chi connectivity index (χ2n) is 3.57. The van der Waals surface area contributed by atoms with Gasteiger partial charge in [0.05, 0.1) is 10.4 Å². The third-order valence-electron chi connectivity index (χ3n) is 2.34. The molecule has 88 valence electrons. The Morgan fingerprint density at radius 1 is 0.944 bits per heavy atom. The highest BCUT2D eigenvalue weighted by Gasteiger charge is 2.09. The quantitative estimate of drug-likeness (QED) is 0.759. The molecular weight excluding hydrogens is 246 g/mol. The van der Waals surface area contributed by atoms with E-state index in [9.17, 15) is 0 Å². The van der Waals surface area contributed by atoms with Gasteiger partial charge in [0.1, 0.15) is 0 Å². The number of anilines is 1. The lowest BCUT2D eigenvalue weighted by molar-refractivity contribution is 1.08. The predicted molar refractivity (Wildman–Crippen MR) is 70.8 cm³/mol. The summed E-state index contributed by atoms with van der Waals surface area (Å²) in [6.45, 7) is 0. The number of hydrogen-bond acceptors (Lipinski definition) is 6. The Morgan fingerprint density at radius 2 is 1.72 bits per heavy atom. The molecule has 0 unspecified atom stereocenters. The van der Waals surface area contributed by atoms with Crippen LogP contribution in [0.5, 0.6) is 0 Å². The Balaban J connectivity index is 2.12. The lowest BCUT2D eigenvalue weighted by Crippen LogP contribution is -2.01. The van der Waals surface area contributed by atoms with E-state index in [4.69, 9.17) is 5.73 Å². The van der Waals surface area contributed by atoms with Gasteiger partial charge in [-0.1, -0.05) is 30.3 Å². The summed E-state index contributed by atoms with van der Waals surface area (Å²) in [6.07, 6.45) is 1.72. The van der Waals surface area contributed by atoms with Crippen LogP contribution in [0.4, 0.5) is 5.95 Å². The summed E-state index contributed by atoms with van der Waals surface area (Å²) < 4.78 is 0. The van der Waals surface area contributed by atoms with Gasteiger partial charge < -0.3 is 5.73 Å². The summed E-state index contributed by atoms with van der Waals surface area (Å²) >= 11 is 1.47. The monoisotopic (exact) mass is 255 g/mol. The van der Waals surface area contributed by atoms with Gasteiger partial charge in [0.2, 0.25) is 5.95 Å². The van der Waals surface area contributed by atoms with Crippen molar-refractivity contribution in [1.82, 2.24) is 19.9 Å². The first-order valence-electron chi connectivity index (χ1n) is 5.29. The highest BCUT2D eigenvalue weighted by molar-refractivity contribution is 7.13. The van der Waals surface area contributed by atoms with E-state index in [1.807, 2.05) is 30.3 Å². The summed E-state index contributed by atoms with van der Waals surface area (Å²) in [5, 5.41) is 0. The van der Waals surface area contributed by atoms with E-state index in [0.717, 1.165) is 10.4 Å². The van der Waals surface area contributed by atoms with Crippen LogP contribution in [-0.2, 0) is 0 Å². The fourth-order valence-electron chi connectivity index (χ4n) is 1.55. The fourth-order valence-corrected chi connectivity index (χ4v) is 2.10. The maximum atomic E-state index is 5.72. The van der Waals surface area contributed by atoms with Crippen LogP contribution in [0, 0.1) is 0 Å². The second-order valence-corrected chi connectivity index (χ2v) is 4.46. The van der Waals surface area contributed by atoms with Crippen molar-refractivity contribution < 1.29 is 0 Å². The molecule has 5 nitrogen and oxygen atoms in total. The van der Waals surface area contributed by atoms with Gasteiger partial charge in [-0.15, -0.1) is 11.3 Å². The van der Waals surface area contributed by atoms with Crippen LogP contribution in [0.1, 0.15) is 0 Å². The molecule has 2 aromatic heterocycles. The molecule has 3 rings (SSSR count). The van der Waals surface area contributed by atoms with Gasteiger partial charge in [-0.3, -0.25) is 4.98 Å². The first kappa shape index (κ1) is 10.8. The van der Waals surface area contributed by atoms with Crippen LogP contribution < -0.4 is 5.73 Å². The molecular formula is C12H9N5S. The van der Waals surface area contributed by atoms with E-state index < -0.39 is 0 Å². The maximum absolute atomic E-state index is 5.72. The van der Waals surface area contributed by atoms with Crippen molar-refractivity contribution in [1.29, 1.82) is 0 Å². The molecule has 0 aliphatic heterocycles. The van der Waals surface area contributed by atoms with Crippen molar-refractivity contribution >= 4 is 17.3 Å². The van der Waals surface area contributed by atoms with Gasteiger partial charge in [0.15, 0.2) is 11.6 Å². The molecule has 0 radical (unpaired) electrons. The van der Waals surface area contributed by atoms with Crippen molar-refractivity contribution in [2.75, 3.05) is 5.73 Å². The highest BCUT2D eigenvalue weighted by Crippen LogP contribution is 2.22. The van der Waals surface area contributed by atoms with Crippen LogP contribution in [0.25, 0.3) is 22.1 Å². The Labute approximate surface area is 107 Å². The van der Waals surface area contributed by atoms with Crippen LogP contribution in [-0.4, -0.2) is 19.9 Å². The SMILES string of the molecule is Nc1nc(-c2ccccc2)nc(-c2cncs2)n1. The molecule has 0 aliphatic carbocycles. The zero-order valence-electron chi connectivity index (χ0n) is 9.32. The van der Waals surface area contributed by atoms with Crippen molar-refractivity contribution in [3.63, 3.8) is 0 Å². The average molecular weight is 255 g/mol. The third kappa shape index (κ3) is 2.05. The van der Waals surface area contributed by atoms with Gasteiger partial charge in [-0.25, -0.2) is 4.98 Å². The second kappa shape index (κ2) is 4.50. The molecule has 0 bridgehead atoms. The number of rotatable bonds is 2. The first-order chi connectivity index (χ1) is 8.83. The lowest BCUT2D eigenvalue weighted by Gasteiger charge is -2.03. The van der Waals surface area contributed by atoms with Gasteiger partial charge in [0, 0.05) is 11.8 Å². The molecule has 2 heterocycles. The molecule has 2 N–H and O–H groups in total. The molecule has 18 heavy (non-hydrogen) atoms. The van der Waals surface area contributed by atoms with Crippen molar-refractivity contribution in [2.45, 2.75) is 0 Å². The maximum Gasteiger partial charge on any atom is 0.224 e. The normalized spacial score (nSPS) is 10.4. The molecule has 3 aromatic rings. The topological polar surface area (TPSA) is 77.6 Å². The molecule has 0 spiro atoms. The largest absolute Gasteiger partial charge is 0.368 e. The number of thiazole rings is 1. The van der Waals surface area contributed by atoms with Crippen LogP contribution >= 0.6 is 11.3 Å². The summed E-state index contributed by atoms with van der Waals surface area (Å²) in [7, 11) is 0. The Hall–Kier alpha value is -2.34. The molecule has 0 amide bonds. The number of nitrogens with zero attached hydrogens (tertiary/aromatic N) is 4. The molecule has 0 saturated heterocycles. The van der Waals surface area contributed by atoms with E-state index in [2.05, 4.69) is 19.9 Å². The number of hydrogen-bond donors (Lipinski definition) is 1. The number of nitrogens with two attached hydrogens (primary N) is 1. The summed E-state index contributed by atoms with van der Waals surface area (Å²) in [4.78, 5) is 17.6. The smallest absolute Gasteiger partial charge is 0.224 e. The zero-order valence-corrected chi connectivity index (χ0v) is 10.1. The fraction of sp³-hybridized carbons (Fsp3) is 0. The van der Waals surface area contributed by atoms with Crippen molar-refractivity contribution in [3.8, 4) is 22.1 Å². The van der Waals surface area contributed by atoms with E-state index in [0.29, 0.717) is 11.6 Å². The summed E-state index contributed by atoms with van der Waals surface area (Å²) in [5.41, 5.74) is 8.37. The minimum atomic E-state index is 0.215. The van der Waals surface area contributed by atoms with E-state index in [1.165, 1.54) is 11.3 Å². The Bertz CT molecular complexity index is 651. The van der Waals surface area contributed by atoms with Gasteiger partial charge in [-0.2, -0.15) is 9.97 Å². The molecule has 6 heteroatoms. The zero-order chi connectivity index (χ0) is 12.4. The molecule has 0 fully saturated rings. The third-order valence-corrected chi connectivity index (χ3v) is 3.11. The lowest BCUT2D eigenvalue weighted by atomic mass is 10.2. The van der Waals surface area contributed by atoms with E-state index >= 15 is 0 Å². The average Bonchev–Trinajstić information content (AvgIpc) is 2.93. The number of aromatic nitrogens is 4. The first-order valence-corrected chi connectivity index (χ1v) is 6.17. The van der Waals surface area contributed by atoms with Crippen molar-refractivity contribution in [2.24, 2.45) is 0 Å². The summed E-state index contributed by atoms with van der Waals surface area (Å²) in [5.74, 6) is 1.35. The van der Waals surface area contributed by atoms with E-state index in [1.54, 1.807) is 11.7 Å². The molecule has 0 aliphatic rings. The van der Waals surface area contributed by atoms with Gasteiger partial charge >= 0.3 is 0 Å². The Morgan fingerprint density at radius 3 is 2.44 bits per heavy atom. The Kier molecular flexibility index (Phi) is 2.70. The summed E-state index contributed by atoms with van der Waals surface area (Å²) in [6, 6.07) is 9.68. The van der Waals surface area contributed by atoms with Crippen LogP contribution in [0.2, 0.25) is 0 Å². The molecule has 0 atom stereocenters. The van der Waals surface area contributed by atoms with Crippen molar-refractivity contribution in [3.05, 3.63) is 42.0 Å². The minimum absolute atomic E-state index is 0.215. The number of nitrogen functional groups attached to an aromatic ring is 1. The predicted octanol–water partition coefficient (Wildman–Crippen LogP) is 2.24. The van der Waals surface area contributed by atoms with Crippen LogP contribution in [0.3, 0.4) is 0 Å². The standard InChI is InChI=1S/C12H9N5S/c13-12-16-10(8-4-2-1-3-5-8)15-11(17-12)9-6-14-7-18-9/h1-7H,(H2,13,15,16,17). The molecule has 1 aromatic carbocycles.